The molecule has 6 rings (SSSR count). The normalized spacial score (nSPS) is 17.4. The third-order valence-corrected chi connectivity index (χ3v) is 9.11. The number of carbonyl (C=O) groups excluding carboxylic acids is 1. The van der Waals surface area contributed by atoms with Gasteiger partial charge in [0.15, 0.2) is 5.13 Å². The Morgan fingerprint density at radius 2 is 1.79 bits per heavy atom. The molecule has 33 heavy (non-hydrogen) atoms. The van der Waals surface area contributed by atoms with Crippen LogP contribution in [0.15, 0.2) is 65.6 Å². The summed E-state index contributed by atoms with van der Waals surface area (Å²) in [5.74, 6) is -0.921. The van der Waals surface area contributed by atoms with Crippen LogP contribution in [0.2, 0.25) is 0 Å². The SMILES string of the molecule is O=C(Nc1nc2c(s1)-c1cccc3cccc-2c13)C1CCCN1S(=O)(=O)c1ccc(F)cc1. The Hall–Kier alpha value is -3.14. The third kappa shape index (κ3) is 3.18. The van der Waals surface area contributed by atoms with Crippen molar-refractivity contribution < 1.29 is 17.6 Å². The molecule has 1 aliphatic heterocycles. The van der Waals surface area contributed by atoms with Gasteiger partial charge < -0.3 is 5.32 Å². The Morgan fingerprint density at radius 1 is 1.06 bits per heavy atom. The van der Waals surface area contributed by atoms with Crippen molar-refractivity contribution >= 4 is 43.2 Å². The van der Waals surface area contributed by atoms with Gasteiger partial charge in [-0.15, -0.1) is 0 Å². The predicted octanol–water partition coefficient (Wildman–Crippen LogP) is 4.87. The van der Waals surface area contributed by atoms with Crippen LogP contribution in [0.3, 0.4) is 0 Å². The molecule has 6 nitrogen and oxygen atoms in total. The molecule has 0 spiro atoms. The number of rotatable bonds is 4. The van der Waals surface area contributed by atoms with Gasteiger partial charge in [-0.05, 0) is 47.9 Å². The number of nitrogens with zero attached hydrogens (tertiary/aromatic N) is 2. The van der Waals surface area contributed by atoms with E-state index in [-0.39, 0.29) is 11.4 Å². The molecule has 1 unspecified atom stereocenters. The number of carbonyl (C=O) groups is 1. The molecule has 0 radical (unpaired) electrons. The summed E-state index contributed by atoms with van der Waals surface area (Å²) in [6.45, 7) is 0.238. The Kier molecular flexibility index (Phi) is 4.62. The minimum absolute atomic E-state index is 0.0264. The highest BCUT2D eigenvalue weighted by Gasteiger charge is 2.40. The van der Waals surface area contributed by atoms with Gasteiger partial charge in [-0.2, -0.15) is 4.31 Å². The third-order valence-electron chi connectivity index (χ3n) is 6.19. The van der Waals surface area contributed by atoms with Crippen molar-refractivity contribution in [1.82, 2.24) is 9.29 Å². The topological polar surface area (TPSA) is 79.4 Å². The summed E-state index contributed by atoms with van der Waals surface area (Å²) in [6, 6.07) is 16.0. The number of aromatic nitrogens is 1. The molecule has 1 atom stereocenters. The van der Waals surface area contributed by atoms with E-state index < -0.39 is 27.8 Å². The quantitative estimate of drug-likeness (QED) is 0.399. The number of halogens is 1. The average Bonchev–Trinajstić information content (AvgIpc) is 3.52. The van der Waals surface area contributed by atoms with Crippen LogP contribution in [0.25, 0.3) is 32.5 Å². The first-order valence-corrected chi connectivity index (χ1v) is 12.8. The summed E-state index contributed by atoms with van der Waals surface area (Å²) in [6.07, 6.45) is 0.988. The number of hydrogen-bond acceptors (Lipinski definition) is 5. The van der Waals surface area contributed by atoms with Crippen molar-refractivity contribution in [3.8, 4) is 21.7 Å². The first-order chi connectivity index (χ1) is 15.9. The second-order valence-corrected chi connectivity index (χ2v) is 11.0. The smallest absolute Gasteiger partial charge is 0.244 e. The molecule has 1 amide bonds. The number of nitrogens with one attached hydrogen (secondary N) is 1. The van der Waals surface area contributed by atoms with Crippen LogP contribution < -0.4 is 5.32 Å². The van der Waals surface area contributed by atoms with Crippen molar-refractivity contribution in [2.24, 2.45) is 0 Å². The van der Waals surface area contributed by atoms with Gasteiger partial charge in [-0.1, -0.05) is 47.7 Å². The highest BCUT2D eigenvalue weighted by Crippen LogP contribution is 2.50. The number of fused-ring (bicyclic) bond motifs is 3. The number of amides is 1. The van der Waals surface area contributed by atoms with E-state index in [0.717, 1.165) is 39.2 Å². The zero-order valence-corrected chi connectivity index (χ0v) is 18.9. The number of benzene rings is 3. The zero-order chi connectivity index (χ0) is 22.7. The first-order valence-electron chi connectivity index (χ1n) is 10.5. The van der Waals surface area contributed by atoms with Crippen LogP contribution in [0, 0.1) is 5.82 Å². The van der Waals surface area contributed by atoms with Gasteiger partial charge in [0.1, 0.15) is 11.9 Å². The number of sulfonamides is 1. The average molecular weight is 480 g/mol. The largest absolute Gasteiger partial charge is 0.301 e. The van der Waals surface area contributed by atoms with Crippen molar-refractivity contribution in [2.45, 2.75) is 23.8 Å². The monoisotopic (exact) mass is 479 g/mol. The number of thiazole rings is 1. The van der Waals surface area contributed by atoms with Crippen LogP contribution in [0.5, 0.6) is 0 Å². The lowest BCUT2D eigenvalue weighted by atomic mass is 10.0. The van der Waals surface area contributed by atoms with Gasteiger partial charge in [0.25, 0.3) is 0 Å². The molecule has 0 saturated carbocycles. The summed E-state index contributed by atoms with van der Waals surface area (Å²) in [5, 5.41) is 5.60. The maximum absolute atomic E-state index is 13.3. The fraction of sp³-hybridized carbons (Fsp3) is 0.167. The molecule has 166 valence electrons. The van der Waals surface area contributed by atoms with Crippen LogP contribution in [-0.2, 0) is 14.8 Å². The summed E-state index contributed by atoms with van der Waals surface area (Å²) in [4.78, 5) is 18.8. The van der Waals surface area contributed by atoms with Gasteiger partial charge >= 0.3 is 0 Å². The van der Waals surface area contributed by atoms with E-state index in [0.29, 0.717) is 18.0 Å². The fourth-order valence-corrected chi connectivity index (χ4v) is 7.36. The maximum Gasteiger partial charge on any atom is 0.244 e. The molecule has 9 heteroatoms. The lowest BCUT2D eigenvalue weighted by Gasteiger charge is -2.23. The summed E-state index contributed by atoms with van der Waals surface area (Å²) in [7, 11) is -3.92. The minimum Gasteiger partial charge on any atom is -0.301 e. The second kappa shape index (κ2) is 7.44. The van der Waals surface area contributed by atoms with Gasteiger partial charge in [0.05, 0.1) is 15.5 Å². The van der Waals surface area contributed by atoms with E-state index in [1.807, 2.05) is 18.2 Å². The molecule has 1 saturated heterocycles. The lowest BCUT2D eigenvalue weighted by Crippen LogP contribution is -2.43. The highest BCUT2D eigenvalue weighted by atomic mass is 32.2. The van der Waals surface area contributed by atoms with E-state index in [4.69, 9.17) is 0 Å². The first kappa shape index (κ1) is 20.5. The Balaban J connectivity index is 1.28. The summed E-state index contributed by atoms with van der Waals surface area (Å²) < 4.78 is 40.6. The molecular weight excluding hydrogens is 461 g/mol. The molecule has 1 fully saturated rings. The standard InChI is InChI=1S/C24H18FN3O3S2/c25-15-9-11-16(12-10-15)33(30,31)28-13-3-8-19(28)23(29)27-24-26-21-17-6-1-4-14-5-2-7-18(20(14)17)22(21)32-24/h1-2,4-7,9-12,19H,3,8,13H2,(H,26,27,29). The van der Waals surface area contributed by atoms with Gasteiger partial charge in [-0.3, -0.25) is 4.79 Å². The van der Waals surface area contributed by atoms with Crippen LogP contribution in [-0.4, -0.2) is 36.2 Å². The highest BCUT2D eigenvalue weighted by molar-refractivity contribution is 7.89. The molecule has 1 N–H and O–H groups in total. The molecule has 0 bridgehead atoms. The molecule has 2 aliphatic rings. The zero-order valence-electron chi connectivity index (χ0n) is 17.3. The molecule has 4 aromatic rings. The molecule has 2 heterocycles. The molecule has 1 aromatic heterocycles. The Bertz CT molecular complexity index is 1470. The molecule has 1 aliphatic carbocycles. The van der Waals surface area contributed by atoms with Gasteiger partial charge in [-0.25, -0.2) is 17.8 Å². The Morgan fingerprint density at radius 3 is 2.55 bits per heavy atom. The van der Waals surface area contributed by atoms with E-state index in [9.17, 15) is 17.6 Å². The van der Waals surface area contributed by atoms with Crippen LogP contribution in [0.1, 0.15) is 12.8 Å². The van der Waals surface area contributed by atoms with E-state index in [1.54, 1.807) is 0 Å². The predicted molar refractivity (Wildman–Crippen MR) is 126 cm³/mol. The van der Waals surface area contributed by atoms with Gasteiger partial charge in [0.2, 0.25) is 15.9 Å². The second-order valence-electron chi connectivity index (χ2n) is 8.12. The molecule has 3 aromatic carbocycles. The molecular formula is C24H18FN3O3S2. The maximum atomic E-state index is 13.3. The lowest BCUT2D eigenvalue weighted by molar-refractivity contribution is -0.119. The summed E-state index contributed by atoms with van der Waals surface area (Å²) >= 11 is 1.39. The van der Waals surface area contributed by atoms with Crippen molar-refractivity contribution in [3.05, 3.63) is 66.5 Å². The Labute approximate surface area is 193 Å². The van der Waals surface area contributed by atoms with E-state index in [2.05, 4.69) is 28.5 Å². The van der Waals surface area contributed by atoms with E-state index in [1.165, 1.54) is 33.2 Å². The van der Waals surface area contributed by atoms with Crippen molar-refractivity contribution in [1.29, 1.82) is 0 Å². The van der Waals surface area contributed by atoms with Crippen molar-refractivity contribution in [3.63, 3.8) is 0 Å². The van der Waals surface area contributed by atoms with E-state index >= 15 is 0 Å². The van der Waals surface area contributed by atoms with Crippen LogP contribution >= 0.6 is 11.3 Å². The fourth-order valence-electron chi connectivity index (χ4n) is 4.69. The van der Waals surface area contributed by atoms with Gasteiger partial charge in [0, 0.05) is 17.7 Å². The number of hydrogen-bond donors (Lipinski definition) is 1. The van der Waals surface area contributed by atoms with Crippen LogP contribution in [0.4, 0.5) is 9.52 Å². The minimum atomic E-state index is -3.92. The van der Waals surface area contributed by atoms with Crippen molar-refractivity contribution in [2.75, 3.05) is 11.9 Å². The number of anilines is 1. The summed E-state index contributed by atoms with van der Waals surface area (Å²) in [5.41, 5.74) is 2.97.